The molecule has 2 aromatic carbocycles. The fourth-order valence-electron chi connectivity index (χ4n) is 2.19. The molecule has 26 heavy (non-hydrogen) atoms. The molecule has 5 nitrogen and oxygen atoms in total. The van der Waals surface area contributed by atoms with Gasteiger partial charge >= 0.3 is 0 Å². The molecule has 0 aliphatic heterocycles. The number of benzene rings is 2. The van der Waals surface area contributed by atoms with E-state index in [9.17, 15) is 9.59 Å². The minimum atomic E-state index is -0.335. The van der Waals surface area contributed by atoms with Crippen LogP contribution in [0.2, 0.25) is 10.0 Å². The van der Waals surface area contributed by atoms with Crippen LogP contribution < -0.4 is 16.0 Å². The zero-order valence-electron chi connectivity index (χ0n) is 14.8. The van der Waals surface area contributed by atoms with Crippen LogP contribution in [-0.2, 0) is 4.79 Å². The van der Waals surface area contributed by atoms with Gasteiger partial charge in [0.1, 0.15) is 0 Å². The number of hydrogen-bond donors (Lipinski definition) is 3. The lowest BCUT2D eigenvalue weighted by Crippen LogP contribution is -2.40. The lowest BCUT2D eigenvalue weighted by atomic mass is 10.1. The molecular weight excluding hydrogens is 373 g/mol. The number of rotatable bonds is 5. The molecule has 0 radical (unpaired) electrons. The zero-order chi connectivity index (χ0) is 19.3. The van der Waals surface area contributed by atoms with Gasteiger partial charge in [-0.3, -0.25) is 9.59 Å². The van der Waals surface area contributed by atoms with E-state index in [1.807, 2.05) is 20.8 Å². The predicted octanol–water partition coefficient (Wildman–Crippen LogP) is 4.57. The Kier molecular flexibility index (Phi) is 6.51. The average molecular weight is 394 g/mol. The Hall–Kier alpha value is -2.24. The summed E-state index contributed by atoms with van der Waals surface area (Å²) in [6, 6.07) is 11.7. The second-order valence-corrected chi connectivity index (χ2v) is 7.72. The van der Waals surface area contributed by atoms with Gasteiger partial charge in [0.15, 0.2) is 0 Å². The number of carbonyl (C=O) groups is 2. The van der Waals surface area contributed by atoms with Crippen molar-refractivity contribution in [2.24, 2.45) is 0 Å². The van der Waals surface area contributed by atoms with Crippen LogP contribution in [0.15, 0.2) is 42.5 Å². The Morgan fingerprint density at radius 1 is 0.962 bits per heavy atom. The molecule has 138 valence electrons. The van der Waals surface area contributed by atoms with Crippen molar-refractivity contribution in [1.29, 1.82) is 0 Å². The molecular formula is C19H21Cl2N3O2. The van der Waals surface area contributed by atoms with Gasteiger partial charge in [0.05, 0.1) is 6.54 Å². The van der Waals surface area contributed by atoms with Crippen LogP contribution in [0.4, 0.5) is 11.4 Å². The summed E-state index contributed by atoms with van der Waals surface area (Å²) in [6.45, 7) is 5.76. The summed E-state index contributed by atoms with van der Waals surface area (Å²) >= 11 is 11.9. The topological polar surface area (TPSA) is 70.2 Å². The molecule has 2 aromatic rings. The van der Waals surface area contributed by atoms with E-state index in [1.54, 1.807) is 42.5 Å². The van der Waals surface area contributed by atoms with E-state index in [0.717, 1.165) is 0 Å². The third-order valence-corrected chi connectivity index (χ3v) is 3.65. The van der Waals surface area contributed by atoms with Gasteiger partial charge < -0.3 is 16.0 Å². The number of carbonyl (C=O) groups excluding carboxylic acids is 2. The number of hydrogen-bond acceptors (Lipinski definition) is 3. The van der Waals surface area contributed by atoms with Gasteiger partial charge in [-0.2, -0.15) is 0 Å². The molecule has 0 unspecified atom stereocenters. The first-order valence-corrected chi connectivity index (χ1v) is 8.80. The van der Waals surface area contributed by atoms with Gasteiger partial charge in [-0.25, -0.2) is 0 Å². The fraction of sp³-hybridized carbons (Fsp3) is 0.263. The van der Waals surface area contributed by atoms with Gasteiger partial charge in [0, 0.05) is 32.5 Å². The van der Waals surface area contributed by atoms with Gasteiger partial charge in [-0.05, 0) is 57.2 Å². The molecule has 0 heterocycles. The lowest BCUT2D eigenvalue weighted by Gasteiger charge is -2.20. The molecule has 0 fully saturated rings. The minimum Gasteiger partial charge on any atom is -0.376 e. The summed E-state index contributed by atoms with van der Waals surface area (Å²) in [5.74, 6) is -0.449. The Morgan fingerprint density at radius 3 is 2.23 bits per heavy atom. The van der Waals surface area contributed by atoms with E-state index >= 15 is 0 Å². The zero-order valence-corrected chi connectivity index (χ0v) is 16.3. The number of amides is 2. The molecule has 0 spiro atoms. The molecule has 0 saturated carbocycles. The molecule has 2 amide bonds. The third kappa shape index (κ3) is 6.58. The Bertz CT molecular complexity index is 796. The first-order valence-electron chi connectivity index (χ1n) is 8.05. The summed E-state index contributed by atoms with van der Waals surface area (Å²) in [6.07, 6.45) is 0. The van der Waals surface area contributed by atoms with E-state index < -0.39 is 0 Å². The standard InChI is InChI=1S/C19H21Cl2N3O2/c1-19(2,3)24-18(26)12-5-4-6-15(7-12)23-17(25)11-22-16-9-13(20)8-14(21)10-16/h4-10,22H,11H2,1-3H3,(H,23,25)(H,24,26). The average Bonchev–Trinajstić information content (AvgIpc) is 2.51. The van der Waals surface area contributed by atoms with E-state index in [4.69, 9.17) is 23.2 Å². The highest BCUT2D eigenvalue weighted by molar-refractivity contribution is 6.35. The van der Waals surface area contributed by atoms with Crippen LogP contribution in [0, 0.1) is 0 Å². The molecule has 0 bridgehead atoms. The summed E-state index contributed by atoms with van der Waals surface area (Å²) in [4.78, 5) is 24.3. The highest BCUT2D eigenvalue weighted by Crippen LogP contribution is 2.22. The minimum absolute atomic E-state index is 0.0368. The van der Waals surface area contributed by atoms with E-state index in [0.29, 0.717) is 27.0 Å². The summed E-state index contributed by atoms with van der Waals surface area (Å²) in [5, 5.41) is 9.56. The Balaban J connectivity index is 1.96. The molecule has 3 N–H and O–H groups in total. The molecule has 0 aromatic heterocycles. The van der Waals surface area contributed by atoms with Crippen molar-refractivity contribution >= 4 is 46.4 Å². The first-order chi connectivity index (χ1) is 12.1. The van der Waals surface area contributed by atoms with Crippen LogP contribution in [0.5, 0.6) is 0 Å². The van der Waals surface area contributed by atoms with Gasteiger partial charge in [-0.15, -0.1) is 0 Å². The van der Waals surface area contributed by atoms with Crippen molar-refractivity contribution in [2.75, 3.05) is 17.2 Å². The number of halogens is 2. The second-order valence-electron chi connectivity index (χ2n) is 6.84. The largest absolute Gasteiger partial charge is 0.376 e. The van der Waals surface area contributed by atoms with Crippen molar-refractivity contribution in [2.45, 2.75) is 26.3 Å². The van der Waals surface area contributed by atoms with Crippen LogP contribution in [0.25, 0.3) is 0 Å². The van der Waals surface area contributed by atoms with Crippen molar-refractivity contribution in [3.63, 3.8) is 0 Å². The molecule has 0 saturated heterocycles. The van der Waals surface area contributed by atoms with E-state index in [-0.39, 0.29) is 23.9 Å². The van der Waals surface area contributed by atoms with Crippen molar-refractivity contribution in [1.82, 2.24) is 5.32 Å². The SMILES string of the molecule is CC(C)(C)NC(=O)c1cccc(NC(=O)CNc2cc(Cl)cc(Cl)c2)c1. The quantitative estimate of drug-likeness (QED) is 0.696. The van der Waals surface area contributed by atoms with Crippen molar-refractivity contribution in [3.8, 4) is 0 Å². The highest BCUT2D eigenvalue weighted by Gasteiger charge is 2.15. The molecule has 0 aliphatic carbocycles. The van der Waals surface area contributed by atoms with Crippen LogP contribution in [-0.4, -0.2) is 23.9 Å². The maximum Gasteiger partial charge on any atom is 0.251 e. The summed E-state index contributed by atoms with van der Waals surface area (Å²) in [7, 11) is 0. The summed E-state index contributed by atoms with van der Waals surface area (Å²) < 4.78 is 0. The smallest absolute Gasteiger partial charge is 0.251 e. The number of anilines is 2. The maximum atomic E-state index is 12.2. The van der Waals surface area contributed by atoms with Gasteiger partial charge in [-0.1, -0.05) is 29.3 Å². The number of nitrogens with one attached hydrogen (secondary N) is 3. The van der Waals surface area contributed by atoms with Crippen LogP contribution in [0.1, 0.15) is 31.1 Å². The van der Waals surface area contributed by atoms with Crippen molar-refractivity contribution < 1.29 is 9.59 Å². The van der Waals surface area contributed by atoms with Gasteiger partial charge in [0.2, 0.25) is 5.91 Å². The molecule has 2 rings (SSSR count). The summed E-state index contributed by atoms with van der Waals surface area (Å²) in [5.41, 5.74) is 1.34. The highest BCUT2D eigenvalue weighted by atomic mass is 35.5. The normalized spacial score (nSPS) is 11.0. The monoisotopic (exact) mass is 393 g/mol. The second kappa shape index (κ2) is 8.43. The predicted molar refractivity (Wildman–Crippen MR) is 107 cm³/mol. The third-order valence-electron chi connectivity index (χ3n) is 3.21. The maximum absolute atomic E-state index is 12.2. The first kappa shape index (κ1) is 20.1. The van der Waals surface area contributed by atoms with E-state index in [2.05, 4.69) is 16.0 Å². The molecule has 0 atom stereocenters. The van der Waals surface area contributed by atoms with Crippen LogP contribution >= 0.6 is 23.2 Å². The Labute approximate surface area is 163 Å². The molecule has 0 aliphatic rings. The van der Waals surface area contributed by atoms with E-state index in [1.165, 1.54) is 0 Å². The van der Waals surface area contributed by atoms with Crippen molar-refractivity contribution in [3.05, 3.63) is 58.1 Å². The van der Waals surface area contributed by atoms with Crippen LogP contribution in [0.3, 0.4) is 0 Å². The van der Waals surface area contributed by atoms with Gasteiger partial charge in [0.25, 0.3) is 5.91 Å². The fourth-order valence-corrected chi connectivity index (χ4v) is 2.72. The lowest BCUT2D eigenvalue weighted by molar-refractivity contribution is -0.114. The Morgan fingerprint density at radius 2 is 1.62 bits per heavy atom. The molecule has 7 heteroatoms.